The van der Waals surface area contributed by atoms with Crippen molar-refractivity contribution in [3.8, 4) is 28.4 Å². The highest BCUT2D eigenvalue weighted by Gasteiger charge is 2.36. The summed E-state index contributed by atoms with van der Waals surface area (Å²) in [5, 5.41) is 8.92. The number of aliphatic hydroxyl groups excluding tert-OH is 1. The van der Waals surface area contributed by atoms with Crippen molar-refractivity contribution in [2.45, 2.75) is 65.2 Å². The zero-order valence-corrected chi connectivity index (χ0v) is 28.9. The third-order valence-electron chi connectivity index (χ3n) is 8.45. The molecule has 3 aromatic rings. The van der Waals surface area contributed by atoms with Gasteiger partial charge in [0.15, 0.2) is 0 Å². The molecular formula is C40H46O9. The van der Waals surface area contributed by atoms with E-state index in [-0.39, 0.29) is 24.2 Å². The van der Waals surface area contributed by atoms with Crippen molar-refractivity contribution in [2.75, 3.05) is 33.0 Å². The number of carbonyl (C=O) groups excluding carboxylic acids is 3. The number of fused-ring (bicyclic) bond motifs is 3. The molecule has 0 bridgehead atoms. The lowest BCUT2D eigenvalue weighted by atomic mass is 9.82. The van der Waals surface area contributed by atoms with Crippen LogP contribution in [-0.4, -0.2) is 56.0 Å². The van der Waals surface area contributed by atoms with Gasteiger partial charge < -0.3 is 28.8 Å². The van der Waals surface area contributed by atoms with E-state index >= 15 is 0 Å². The van der Waals surface area contributed by atoms with Gasteiger partial charge in [0.05, 0.1) is 31.0 Å². The maximum absolute atomic E-state index is 13.3. The van der Waals surface area contributed by atoms with Gasteiger partial charge in [-0.3, -0.25) is 0 Å². The van der Waals surface area contributed by atoms with Crippen LogP contribution in [0.25, 0.3) is 11.1 Å². The molecule has 0 aliphatic heterocycles. The third kappa shape index (κ3) is 9.38. The molecule has 9 nitrogen and oxygen atoms in total. The first-order valence-electron chi connectivity index (χ1n) is 16.6. The highest BCUT2D eigenvalue weighted by molar-refractivity contribution is 5.94. The molecule has 4 rings (SSSR count). The Morgan fingerprint density at radius 1 is 0.735 bits per heavy atom. The molecule has 0 atom stereocenters. The number of carbonyl (C=O) groups is 3. The van der Waals surface area contributed by atoms with Crippen LogP contribution in [0.4, 0.5) is 0 Å². The van der Waals surface area contributed by atoms with Crippen molar-refractivity contribution in [3.05, 3.63) is 101 Å². The van der Waals surface area contributed by atoms with Crippen molar-refractivity contribution in [3.63, 3.8) is 0 Å². The van der Waals surface area contributed by atoms with Crippen molar-refractivity contribution in [1.29, 1.82) is 0 Å². The van der Waals surface area contributed by atoms with Gasteiger partial charge in [0, 0.05) is 11.0 Å². The molecule has 1 aliphatic carbocycles. The second kappa shape index (κ2) is 17.0. The summed E-state index contributed by atoms with van der Waals surface area (Å²) >= 11 is 0. The Balaban J connectivity index is 1.31. The van der Waals surface area contributed by atoms with E-state index in [9.17, 15) is 14.4 Å². The van der Waals surface area contributed by atoms with Gasteiger partial charge >= 0.3 is 17.9 Å². The lowest BCUT2D eigenvalue weighted by Crippen LogP contribution is -2.17. The van der Waals surface area contributed by atoms with Gasteiger partial charge in [-0.05, 0) is 109 Å². The Bertz CT molecular complexity index is 1700. The fourth-order valence-corrected chi connectivity index (χ4v) is 5.62. The number of aliphatic hydroxyl groups is 1. The highest BCUT2D eigenvalue weighted by atomic mass is 16.6. The first-order chi connectivity index (χ1) is 23.5. The minimum Gasteiger partial charge on any atom is -0.494 e. The summed E-state index contributed by atoms with van der Waals surface area (Å²) in [4.78, 5) is 36.4. The van der Waals surface area contributed by atoms with Gasteiger partial charge in [-0.2, -0.15) is 0 Å². The first kappa shape index (κ1) is 36.9. The zero-order chi connectivity index (χ0) is 35.6. The van der Waals surface area contributed by atoms with Crippen molar-refractivity contribution in [1.82, 2.24) is 0 Å². The Hall–Kier alpha value is -4.89. The van der Waals surface area contributed by atoms with E-state index in [1.807, 2.05) is 25.1 Å². The van der Waals surface area contributed by atoms with Crippen LogP contribution in [0.15, 0.2) is 78.9 Å². The summed E-state index contributed by atoms with van der Waals surface area (Å²) in [6.45, 7) is 15.7. The molecule has 0 saturated heterocycles. The van der Waals surface area contributed by atoms with Crippen LogP contribution in [0.5, 0.6) is 17.2 Å². The maximum Gasteiger partial charge on any atom is 0.343 e. The Morgan fingerprint density at radius 3 is 2.08 bits per heavy atom. The molecule has 0 fully saturated rings. The monoisotopic (exact) mass is 670 g/mol. The number of benzene rings is 3. The van der Waals surface area contributed by atoms with E-state index in [1.54, 1.807) is 31.2 Å². The first-order valence-corrected chi connectivity index (χ1v) is 16.6. The Morgan fingerprint density at radius 2 is 1.39 bits per heavy atom. The van der Waals surface area contributed by atoms with E-state index in [2.05, 4.69) is 39.1 Å². The highest BCUT2D eigenvalue weighted by Crippen LogP contribution is 2.50. The van der Waals surface area contributed by atoms with Crippen LogP contribution in [0.3, 0.4) is 0 Å². The van der Waals surface area contributed by atoms with E-state index in [0.29, 0.717) is 42.3 Å². The SMILES string of the molecule is C=C(C)C(=O)OCCOc1ccc(OC(=O)c2ccc3c(c2)C(C)(C)c2cc(OCCCCCCOC(=O)C(=C)CO)ccc2-3)cc1CC. The summed E-state index contributed by atoms with van der Waals surface area (Å²) in [6.07, 6.45) is 4.10. The van der Waals surface area contributed by atoms with E-state index in [4.69, 9.17) is 28.8 Å². The summed E-state index contributed by atoms with van der Waals surface area (Å²) in [7, 11) is 0. The topological polar surface area (TPSA) is 118 Å². The molecular weight excluding hydrogens is 624 g/mol. The van der Waals surface area contributed by atoms with Crippen LogP contribution in [0, 0.1) is 0 Å². The number of esters is 3. The van der Waals surface area contributed by atoms with Crippen LogP contribution < -0.4 is 14.2 Å². The quantitative estimate of drug-likeness (QED) is 0.0644. The average molecular weight is 671 g/mol. The molecule has 0 spiro atoms. The maximum atomic E-state index is 13.3. The fourth-order valence-electron chi connectivity index (χ4n) is 5.62. The molecule has 9 heteroatoms. The molecule has 0 unspecified atom stereocenters. The number of hydrogen-bond acceptors (Lipinski definition) is 9. The van der Waals surface area contributed by atoms with Crippen LogP contribution in [0.1, 0.15) is 80.4 Å². The average Bonchev–Trinajstić information content (AvgIpc) is 3.32. The summed E-state index contributed by atoms with van der Waals surface area (Å²) < 4.78 is 27.8. The Labute approximate surface area is 288 Å². The fraction of sp³-hybridized carbons (Fsp3) is 0.375. The summed E-state index contributed by atoms with van der Waals surface area (Å²) in [5.41, 5.74) is 5.74. The number of rotatable bonds is 18. The molecule has 49 heavy (non-hydrogen) atoms. The molecule has 1 aliphatic rings. The summed E-state index contributed by atoms with van der Waals surface area (Å²) in [6, 6.07) is 17.1. The van der Waals surface area contributed by atoms with Crippen molar-refractivity contribution >= 4 is 17.9 Å². The Kier molecular flexibility index (Phi) is 12.8. The lowest BCUT2D eigenvalue weighted by Gasteiger charge is -2.22. The van der Waals surface area contributed by atoms with E-state index in [0.717, 1.165) is 59.3 Å². The van der Waals surface area contributed by atoms with Crippen molar-refractivity contribution < 1.29 is 43.2 Å². The normalized spacial score (nSPS) is 12.3. The number of hydrogen-bond donors (Lipinski definition) is 1. The minimum atomic E-state index is -0.554. The molecule has 260 valence electrons. The number of unbranched alkanes of at least 4 members (excludes halogenated alkanes) is 3. The predicted molar refractivity (Wildman–Crippen MR) is 187 cm³/mol. The standard InChI is InChI=1S/C40H46O9/c1-7-28-22-31(14-17-36(28)46-20-21-48-37(42)26(2)3)49-39(44)29-12-15-32-33-16-13-30(24-35(33)40(5,6)34(32)23-29)45-18-10-8-9-11-19-47-38(43)27(4)25-41/h12-17,22-24,41H,2,4,7-11,18-21,25H2,1,3,5-6H3. The second-order valence-electron chi connectivity index (χ2n) is 12.5. The molecule has 0 saturated carbocycles. The summed E-state index contributed by atoms with van der Waals surface area (Å²) in [5.74, 6) is 0.386. The van der Waals surface area contributed by atoms with Gasteiger partial charge in [0.25, 0.3) is 0 Å². The smallest absolute Gasteiger partial charge is 0.343 e. The number of ether oxygens (including phenoxy) is 5. The van der Waals surface area contributed by atoms with Gasteiger partial charge in [-0.15, -0.1) is 0 Å². The van der Waals surface area contributed by atoms with E-state index in [1.165, 1.54) is 0 Å². The lowest BCUT2D eigenvalue weighted by molar-refractivity contribution is -0.140. The van der Waals surface area contributed by atoms with Gasteiger partial charge in [0.2, 0.25) is 0 Å². The van der Waals surface area contributed by atoms with Crippen molar-refractivity contribution in [2.24, 2.45) is 0 Å². The van der Waals surface area contributed by atoms with Crippen LogP contribution >= 0.6 is 0 Å². The molecule has 0 radical (unpaired) electrons. The van der Waals surface area contributed by atoms with Crippen LogP contribution in [-0.2, 0) is 30.9 Å². The molecule has 0 amide bonds. The number of aryl methyl sites for hydroxylation is 1. The van der Waals surface area contributed by atoms with E-state index < -0.39 is 24.5 Å². The van der Waals surface area contributed by atoms with Gasteiger partial charge in [0.1, 0.15) is 30.5 Å². The zero-order valence-electron chi connectivity index (χ0n) is 28.9. The molecule has 0 heterocycles. The third-order valence-corrected chi connectivity index (χ3v) is 8.45. The minimum absolute atomic E-state index is 0.0618. The van der Waals surface area contributed by atoms with Gasteiger partial charge in [-0.1, -0.05) is 46.1 Å². The molecule has 0 aromatic heterocycles. The molecule has 1 N–H and O–H groups in total. The molecule has 3 aromatic carbocycles. The second-order valence-corrected chi connectivity index (χ2v) is 12.5. The largest absolute Gasteiger partial charge is 0.494 e. The predicted octanol–water partition coefficient (Wildman–Crippen LogP) is 7.30. The van der Waals surface area contributed by atoms with Gasteiger partial charge in [-0.25, -0.2) is 14.4 Å². The van der Waals surface area contributed by atoms with Crippen LogP contribution in [0.2, 0.25) is 0 Å².